The van der Waals surface area contributed by atoms with Gasteiger partial charge < -0.3 is 0 Å². The van der Waals surface area contributed by atoms with E-state index in [1.165, 1.54) is 90.1 Å². The van der Waals surface area contributed by atoms with Gasteiger partial charge in [0.1, 0.15) is 0 Å². The second kappa shape index (κ2) is 2.87. The molecular weight excluding hydrogens is 506 g/mol. The summed E-state index contributed by atoms with van der Waals surface area (Å²) in [7, 11) is 3.91. The second-order valence-electron chi connectivity index (χ2n) is 19.8. The van der Waals surface area contributed by atoms with E-state index in [2.05, 4.69) is 61.4 Å². The standard InChI is InChI=1S/C25H45N2P2.C5H5.Fe/c1-23(2,3)29(24(4,5)6)18-19-12-11-13-20(19)25(28,21-14-7-9-16-26-21)22-15-8-10-17-27-22;1-2-4-5-3-1;/h11-13,21-22,26-27H,7-10,14-18,28H2,1-6H3;1-5H;. The zero-order valence-electron chi connectivity index (χ0n) is 23.0. The van der Waals surface area contributed by atoms with Crippen LogP contribution in [-0.4, -0.2) is 46.8 Å². The average Bonchev–Trinajstić information content (AvgIpc) is 3.76. The first kappa shape index (κ1) is 20.2. The Labute approximate surface area is 207 Å². The molecule has 35 heavy (non-hydrogen) atoms. The predicted octanol–water partition coefficient (Wildman–Crippen LogP) is 8.09. The molecule has 8 unspecified atom stereocenters. The van der Waals surface area contributed by atoms with Crippen LogP contribution in [0.25, 0.3) is 0 Å². The summed E-state index contributed by atoms with van der Waals surface area (Å²) in [5.41, 5.74) is 0. The fraction of sp³-hybridized carbons (Fsp3) is 1.00. The number of nitrogens with one attached hydrogen (secondary N) is 2. The third-order valence-electron chi connectivity index (χ3n) is 21.6. The normalized spacial score (nSPS) is 78.7. The van der Waals surface area contributed by atoms with E-state index in [1.807, 2.05) is 0 Å². The maximum absolute atomic E-state index is 4.29. The molecule has 12 heterocycles. The Hall–Kier alpha value is 1.30. The molecule has 12 rings (SSSR count). The van der Waals surface area contributed by atoms with Gasteiger partial charge in [0.2, 0.25) is 0 Å². The van der Waals surface area contributed by atoms with Gasteiger partial charge in [0.05, 0.1) is 0 Å². The van der Waals surface area contributed by atoms with E-state index >= 15 is 0 Å². The van der Waals surface area contributed by atoms with Gasteiger partial charge in [-0.15, -0.1) is 0 Å². The summed E-state index contributed by atoms with van der Waals surface area (Å²) in [5.74, 6) is 0. The van der Waals surface area contributed by atoms with Crippen molar-refractivity contribution in [1.29, 1.82) is 0 Å². The van der Waals surface area contributed by atoms with E-state index in [0.717, 1.165) is 20.7 Å². The van der Waals surface area contributed by atoms with Crippen LogP contribution in [-0.2, 0) is 6.51 Å². The molecular formula is C30H50FeN2P2. The topological polar surface area (TPSA) is 24.1 Å². The molecule has 12 aliphatic heterocycles. The van der Waals surface area contributed by atoms with Crippen molar-refractivity contribution in [2.24, 2.45) is 0 Å². The van der Waals surface area contributed by atoms with Crippen molar-refractivity contribution in [3.63, 3.8) is 0 Å². The first-order chi connectivity index (χ1) is 16.2. The molecule has 0 amide bonds. The van der Waals surface area contributed by atoms with Gasteiger partial charge in [-0.1, -0.05) is 0 Å². The van der Waals surface area contributed by atoms with Gasteiger partial charge in [-0.05, 0) is 0 Å². The summed E-state index contributed by atoms with van der Waals surface area (Å²) in [6.45, 7) is 14.8. The van der Waals surface area contributed by atoms with Crippen molar-refractivity contribution in [2.45, 2.75) is 155 Å². The van der Waals surface area contributed by atoms with Crippen LogP contribution in [0, 0.1) is 0 Å². The van der Waals surface area contributed by atoms with Crippen LogP contribution in [0.5, 0.6) is 0 Å². The number of piperidine rings is 2. The Morgan fingerprint density at radius 2 is 1.23 bits per heavy atom. The Kier molecular flexibility index (Phi) is 1.66. The number of hydrogen-bond acceptors (Lipinski definition) is 2. The first-order valence-electron chi connectivity index (χ1n) is 15.5. The Morgan fingerprint density at radius 1 is 0.743 bits per heavy atom. The second-order valence-corrected chi connectivity index (χ2v) is 47.9. The molecule has 0 bridgehead atoms. The molecule has 12 fully saturated rings. The van der Waals surface area contributed by atoms with Crippen LogP contribution in [0.3, 0.4) is 0 Å². The Morgan fingerprint density at radius 3 is 1.57 bits per heavy atom. The Bertz CT molecular complexity index is 1440. The predicted molar refractivity (Wildman–Crippen MR) is 150 cm³/mol. The average molecular weight is 557 g/mol. The molecule has 0 aromatic heterocycles. The van der Waals surface area contributed by atoms with Gasteiger partial charge in [0.25, 0.3) is 0 Å². The molecule has 1 spiro atoms. The quantitative estimate of drug-likeness (QED) is 0.264. The fourth-order valence-electron chi connectivity index (χ4n) is 23.7. The summed E-state index contributed by atoms with van der Waals surface area (Å²) < 4.78 is 1.82. The number of hydrogen-bond donors (Lipinski definition) is 2. The maximum atomic E-state index is 4.29. The van der Waals surface area contributed by atoms with Crippen LogP contribution in [0.2, 0.25) is 47.2 Å². The van der Waals surface area contributed by atoms with Crippen molar-refractivity contribution < 1.29 is 6.51 Å². The van der Waals surface area contributed by atoms with E-state index in [0.29, 0.717) is 15.5 Å². The number of fused-ring (bicyclic) bond motifs is 10. The molecule has 198 valence electrons. The summed E-state index contributed by atoms with van der Waals surface area (Å²) in [6, 6.07) is 1.56. The van der Waals surface area contributed by atoms with Gasteiger partial charge in [0, 0.05) is 0 Å². The number of rotatable bonds is 5. The van der Waals surface area contributed by atoms with Crippen LogP contribution < -0.4 is 10.6 Å². The fourth-order valence-corrected chi connectivity index (χ4v) is 112. The molecule has 0 aromatic rings. The van der Waals surface area contributed by atoms with E-state index in [4.69, 9.17) is 0 Å². The summed E-state index contributed by atoms with van der Waals surface area (Å²) in [6.07, 6.45) is 10.5. The Balaban J connectivity index is 1.14. The van der Waals surface area contributed by atoms with E-state index in [1.54, 1.807) is 6.16 Å². The van der Waals surface area contributed by atoms with Crippen molar-refractivity contribution in [1.82, 2.24) is 10.6 Å². The van der Waals surface area contributed by atoms with Crippen molar-refractivity contribution in [2.75, 3.05) is 19.3 Å². The third-order valence-corrected chi connectivity index (χ3v) is 71.0. The molecule has 12 saturated heterocycles. The van der Waals surface area contributed by atoms with Crippen LogP contribution in [0.1, 0.15) is 80.1 Å². The third kappa shape index (κ3) is 0.491. The van der Waals surface area contributed by atoms with E-state index in [9.17, 15) is 0 Å². The molecule has 2 nitrogen and oxygen atoms in total. The molecule has 0 aliphatic carbocycles. The summed E-state index contributed by atoms with van der Waals surface area (Å²) in [4.78, 5) is 11.2. The summed E-state index contributed by atoms with van der Waals surface area (Å²) >= 11 is 0. The molecule has 0 aromatic carbocycles. The van der Waals surface area contributed by atoms with Gasteiger partial charge in [-0.25, -0.2) is 0 Å². The van der Waals surface area contributed by atoms with E-state index in [-0.39, 0.29) is 7.92 Å². The zero-order chi connectivity index (χ0) is 23.9. The van der Waals surface area contributed by atoms with Gasteiger partial charge in [0.15, 0.2) is 0 Å². The van der Waals surface area contributed by atoms with Crippen molar-refractivity contribution in [3.05, 3.63) is 0 Å². The van der Waals surface area contributed by atoms with Gasteiger partial charge >= 0.3 is 208 Å². The zero-order valence-corrected chi connectivity index (χ0v) is 26.2. The monoisotopic (exact) mass is 556 g/mol. The van der Waals surface area contributed by atoms with Crippen molar-refractivity contribution >= 4 is 17.2 Å². The first-order valence-corrected chi connectivity index (χ1v) is 23.8. The SMILES string of the molecule is CC(C)(C)P(C[C]12[CH]3[CH]4[CH]5[C]1(C(P)(C1CCCCN1)C1CCCCN1)[Fe]43521678[CH]2[CH]1[CH]6[CH]7[CH]28)C(C)(C)C. The van der Waals surface area contributed by atoms with Crippen LogP contribution in [0.15, 0.2) is 0 Å². The minimum absolute atomic E-state index is 0.0222. The van der Waals surface area contributed by atoms with E-state index < -0.39 is 6.51 Å². The molecule has 12 aliphatic rings. The molecule has 8 atom stereocenters. The molecule has 2 N–H and O–H groups in total. The van der Waals surface area contributed by atoms with Crippen LogP contribution in [0.4, 0.5) is 0 Å². The summed E-state index contributed by atoms with van der Waals surface area (Å²) in [5, 5.41) is 10.0. The van der Waals surface area contributed by atoms with Gasteiger partial charge in [-0.2, -0.15) is 0 Å². The van der Waals surface area contributed by atoms with Crippen LogP contribution >= 0.6 is 17.2 Å². The molecule has 0 saturated carbocycles. The molecule has 0 radical (unpaired) electrons. The van der Waals surface area contributed by atoms with Crippen molar-refractivity contribution in [3.8, 4) is 0 Å². The van der Waals surface area contributed by atoms with Gasteiger partial charge in [-0.3, -0.25) is 0 Å². The minimum atomic E-state index is -3.60. The molecule has 5 heteroatoms.